The van der Waals surface area contributed by atoms with E-state index in [1.165, 1.54) is 10.4 Å². The van der Waals surface area contributed by atoms with Gasteiger partial charge in [0.25, 0.3) is 5.91 Å². The topological polar surface area (TPSA) is 80.3 Å². The number of carbonyl (C=O) groups excluding carboxylic acids is 1. The minimum atomic E-state index is -0.174. The summed E-state index contributed by atoms with van der Waals surface area (Å²) in [7, 11) is 0. The number of hydrogen-bond acceptors (Lipinski definition) is 5. The van der Waals surface area contributed by atoms with Crippen LogP contribution in [0, 0.1) is 0 Å². The number of aromatic nitrogens is 3. The third-order valence-electron chi connectivity index (χ3n) is 4.91. The molecule has 2 N–H and O–H groups in total. The van der Waals surface area contributed by atoms with Crippen LogP contribution in [0.5, 0.6) is 0 Å². The number of amides is 1. The summed E-state index contributed by atoms with van der Waals surface area (Å²) in [4.78, 5) is 16.9. The lowest BCUT2D eigenvalue weighted by Crippen LogP contribution is -2.49. The van der Waals surface area contributed by atoms with Gasteiger partial charge in [-0.3, -0.25) is 4.79 Å². The van der Waals surface area contributed by atoms with Gasteiger partial charge in [0.05, 0.1) is 6.54 Å². The Labute approximate surface area is 168 Å². The summed E-state index contributed by atoms with van der Waals surface area (Å²) in [6.07, 6.45) is 0. The Morgan fingerprint density at radius 2 is 1.68 bits per heavy atom. The summed E-state index contributed by atoms with van der Waals surface area (Å²) in [5.41, 5.74) is 8.52. The van der Waals surface area contributed by atoms with Gasteiger partial charge in [0.2, 0.25) is 0 Å². The molecular weight excluding hydrogens is 376 g/mol. The van der Waals surface area contributed by atoms with Crippen LogP contribution in [0.15, 0.2) is 54.6 Å². The average Bonchev–Trinajstić information content (AvgIpc) is 3.10. The zero-order valence-electron chi connectivity index (χ0n) is 15.3. The maximum Gasteiger partial charge on any atom is 0.278 e. The van der Waals surface area contributed by atoms with E-state index in [4.69, 9.17) is 17.3 Å². The van der Waals surface area contributed by atoms with Crippen LogP contribution in [0.4, 0.5) is 11.5 Å². The van der Waals surface area contributed by atoms with Gasteiger partial charge in [-0.05, 0) is 29.8 Å². The van der Waals surface area contributed by atoms with Crippen LogP contribution in [-0.2, 0) is 6.54 Å². The Morgan fingerprint density at radius 3 is 2.36 bits per heavy atom. The fourth-order valence-corrected chi connectivity index (χ4v) is 3.43. The van der Waals surface area contributed by atoms with Crippen molar-refractivity contribution in [3.8, 4) is 0 Å². The minimum Gasteiger partial charge on any atom is -0.382 e. The Balaban J connectivity index is 1.41. The number of nitrogens with two attached hydrogens (primary N) is 1. The first kappa shape index (κ1) is 18.3. The third kappa shape index (κ3) is 3.80. The van der Waals surface area contributed by atoms with Gasteiger partial charge >= 0.3 is 0 Å². The summed E-state index contributed by atoms with van der Waals surface area (Å²) in [6, 6.07) is 17.6. The fraction of sp³-hybridized carbons (Fsp3) is 0.250. The molecule has 3 aromatic rings. The van der Waals surface area contributed by atoms with Crippen molar-refractivity contribution < 1.29 is 4.79 Å². The van der Waals surface area contributed by atoms with Gasteiger partial charge in [0.1, 0.15) is 0 Å². The maximum atomic E-state index is 12.9. The number of benzene rings is 2. The molecule has 7 nitrogen and oxygen atoms in total. The molecule has 1 saturated heterocycles. The average molecular weight is 397 g/mol. The molecule has 144 valence electrons. The highest BCUT2D eigenvalue weighted by Crippen LogP contribution is 2.19. The lowest BCUT2D eigenvalue weighted by atomic mass is 10.2. The molecule has 2 heterocycles. The molecule has 0 saturated carbocycles. The van der Waals surface area contributed by atoms with Crippen molar-refractivity contribution in [1.29, 1.82) is 0 Å². The highest BCUT2D eigenvalue weighted by Gasteiger charge is 2.26. The third-order valence-corrected chi connectivity index (χ3v) is 5.16. The molecule has 2 aromatic carbocycles. The van der Waals surface area contributed by atoms with E-state index in [1.807, 2.05) is 42.5 Å². The normalized spacial score (nSPS) is 14.3. The van der Waals surface area contributed by atoms with E-state index in [-0.39, 0.29) is 17.4 Å². The first-order valence-electron chi connectivity index (χ1n) is 9.14. The number of anilines is 2. The molecule has 4 rings (SSSR count). The predicted octanol–water partition coefficient (Wildman–Crippen LogP) is 2.52. The molecule has 0 aliphatic carbocycles. The molecule has 28 heavy (non-hydrogen) atoms. The fourth-order valence-electron chi connectivity index (χ4n) is 3.31. The van der Waals surface area contributed by atoms with E-state index in [2.05, 4.69) is 27.3 Å². The van der Waals surface area contributed by atoms with Crippen molar-refractivity contribution in [3.63, 3.8) is 0 Å². The standard InChI is InChI=1S/C20H21ClN6O/c21-16-8-6-15(7-9-16)14-27-19(22)18(23-24-27)20(28)26-12-10-25(11-13-26)17-4-2-1-3-5-17/h1-9H,10-14,22H2. The lowest BCUT2D eigenvalue weighted by molar-refractivity contribution is 0.0742. The van der Waals surface area contributed by atoms with Gasteiger partial charge in [0, 0.05) is 36.9 Å². The van der Waals surface area contributed by atoms with Gasteiger partial charge < -0.3 is 15.5 Å². The number of rotatable bonds is 4. The number of halogens is 1. The van der Waals surface area contributed by atoms with Crippen LogP contribution in [0.1, 0.15) is 16.1 Å². The highest BCUT2D eigenvalue weighted by molar-refractivity contribution is 6.30. The van der Waals surface area contributed by atoms with Gasteiger partial charge in [-0.15, -0.1) is 5.10 Å². The maximum absolute atomic E-state index is 12.9. The number of para-hydroxylation sites is 1. The van der Waals surface area contributed by atoms with Crippen molar-refractivity contribution in [2.75, 3.05) is 36.8 Å². The number of nitrogen functional groups attached to an aromatic ring is 1. The monoisotopic (exact) mass is 396 g/mol. The number of nitrogens with zero attached hydrogens (tertiary/aromatic N) is 5. The first-order chi connectivity index (χ1) is 13.6. The molecule has 0 atom stereocenters. The van der Waals surface area contributed by atoms with Crippen LogP contribution in [-0.4, -0.2) is 52.0 Å². The molecule has 1 aromatic heterocycles. The van der Waals surface area contributed by atoms with Crippen LogP contribution in [0.2, 0.25) is 5.02 Å². The van der Waals surface area contributed by atoms with Crippen LogP contribution >= 0.6 is 11.6 Å². The smallest absolute Gasteiger partial charge is 0.278 e. The quantitative estimate of drug-likeness (QED) is 0.733. The second-order valence-corrected chi connectivity index (χ2v) is 7.16. The largest absolute Gasteiger partial charge is 0.382 e. The zero-order valence-corrected chi connectivity index (χ0v) is 16.1. The predicted molar refractivity (Wildman–Crippen MR) is 110 cm³/mol. The van der Waals surface area contributed by atoms with E-state index in [9.17, 15) is 4.79 Å². The molecule has 1 aliphatic rings. The van der Waals surface area contributed by atoms with E-state index < -0.39 is 0 Å². The van der Waals surface area contributed by atoms with Crippen molar-refractivity contribution in [2.24, 2.45) is 0 Å². The Bertz CT molecular complexity index is 949. The van der Waals surface area contributed by atoms with Crippen LogP contribution in [0.25, 0.3) is 0 Å². The van der Waals surface area contributed by atoms with Crippen molar-refractivity contribution in [3.05, 3.63) is 70.9 Å². The molecule has 0 unspecified atom stereocenters. The summed E-state index contributed by atoms with van der Waals surface area (Å²) in [5, 5.41) is 8.77. The molecule has 0 spiro atoms. The number of carbonyl (C=O) groups is 1. The first-order valence-corrected chi connectivity index (χ1v) is 9.52. The van der Waals surface area contributed by atoms with Gasteiger partial charge in [-0.2, -0.15) is 0 Å². The summed E-state index contributed by atoms with van der Waals surface area (Å²) < 4.78 is 1.54. The minimum absolute atomic E-state index is 0.174. The van der Waals surface area contributed by atoms with E-state index in [1.54, 1.807) is 4.90 Å². The second-order valence-electron chi connectivity index (χ2n) is 6.72. The van der Waals surface area contributed by atoms with Gasteiger partial charge in [-0.25, -0.2) is 4.68 Å². The molecule has 0 bridgehead atoms. The SMILES string of the molecule is Nc1c(C(=O)N2CCN(c3ccccc3)CC2)nnn1Cc1ccc(Cl)cc1. The summed E-state index contributed by atoms with van der Waals surface area (Å²) in [5.74, 6) is 0.109. The Kier molecular flexibility index (Phi) is 5.16. The van der Waals surface area contributed by atoms with E-state index in [0.717, 1.165) is 18.7 Å². The molecule has 1 amide bonds. The molecular formula is C20H21ClN6O. The van der Waals surface area contributed by atoms with Crippen LogP contribution < -0.4 is 10.6 Å². The van der Waals surface area contributed by atoms with Crippen molar-refractivity contribution >= 4 is 29.0 Å². The zero-order chi connectivity index (χ0) is 19.5. The molecule has 1 fully saturated rings. The lowest BCUT2D eigenvalue weighted by Gasteiger charge is -2.35. The summed E-state index contributed by atoms with van der Waals surface area (Å²) in [6.45, 7) is 3.22. The van der Waals surface area contributed by atoms with Gasteiger partial charge in [-0.1, -0.05) is 47.1 Å². The van der Waals surface area contributed by atoms with Crippen LogP contribution in [0.3, 0.4) is 0 Å². The highest BCUT2D eigenvalue weighted by atomic mass is 35.5. The Hall–Kier alpha value is -3.06. The van der Waals surface area contributed by atoms with E-state index >= 15 is 0 Å². The van der Waals surface area contributed by atoms with E-state index in [0.29, 0.717) is 24.7 Å². The second kappa shape index (κ2) is 7.90. The number of hydrogen-bond donors (Lipinski definition) is 1. The molecule has 0 radical (unpaired) electrons. The van der Waals surface area contributed by atoms with Crippen molar-refractivity contribution in [1.82, 2.24) is 19.9 Å². The summed E-state index contributed by atoms with van der Waals surface area (Å²) >= 11 is 5.91. The number of piperazine rings is 1. The van der Waals surface area contributed by atoms with Crippen molar-refractivity contribution in [2.45, 2.75) is 6.54 Å². The molecule has 8 heteroatoms. The van der Waals surface area contributed by atoms with Gasteiger partial charge in [0.15, 0.2) is 11.5 Å². The Morgan fingerprint density at radius 1 is 1.00 bits per heavy atom. The molecule has 1 aliphatic heterocycles.